The Morgan fingerprint density at radius 1 is 1.29 bits per heavy atom. The fraction of sp³-hybridized carbons (Fsp3) is 0.667. The van der Waals surface area contributed by atoms with E-state index in [-0.39, 0.29) is 9.92 Å². The molecular formula is C21H32Cl2N4O. The van der Waals surface area contributed by atoms with Crippen LogP contribution in [0.4, 0.5) is 10.5 Å². The highest BCUT2D eigenvalue weighted by Crippen LogP contribution is 2.33. The topological polar surface area (TPSA) is 38.8 Å². The molecule has 1 aliphatic heterocycles. The molecule has 7 heteroatoms. The van der Waals surface area contributed by atoms with Crippen LogP contribution in [0.5, 0.6) is 0 Å². The summed E-state index contributed by atoms with van der Waals surface area (Å²) in [7, 11) is 0. The molecule has 1 saturated carbocycles. The van der Waals surface area contributed by atoms with Gasteiger partial charge in [-0.3, -0.25) is 4.90 Å². The van der Waals surface area contributed by atoms with Gasteiger partial charge in [0, 0.05) is 74.7 Å². The molecule has 0 bridgehead atoms. The van der Waals surface area contributed by atoms with E-state index in [4.69, 9.17) is 58.8 Å². The minimum absolute atomic E-state index is 0.118. The molecule has 2 aliphatic rings. The molecule has 0 spiro atoms. The van der Waals surface area contributed by atoms with Crippen molar-refractivity contribution in [3.63, 3.8) is 0 Å². The van der Waals surface area contributed by atoms with E-state index in [1.165, 1.54) is 6.07 Å². The molecule has 3 rings (SSSR count). The van der Waals surface area contributed by atoms with Gasteiger partial charge in [-0.25, -0.2) is 4.79 Å². The van der Waals surface area contributed by atoms with Crippen LogP contribution in [-0.2, 0) is 0 Å². The van der Waals surface area contributed by atoms with Crippen molar-refractivity contribution in [2.75, 3.05) is 51.3 Å². The average molecular weight is 454 g/mol. The number of hydrogen-bond acceptors (Lipinski definition) is 3. The summed E-state index contributed by atoms with van der Waals surface area (Å²) in [5.41, 5.74) is -0.727. The van der Waals surface area contributed by atoms with Crippen molar-refractivity contribution < 1.29 is 40.4 Å². The van der Waals surface area contributed by atoms with Gasteiger partial charge in [-0.15, -0.1) is 0 Å². The second-order valence-corrected chi connectivity index (χ2v) is 5.93. The Morgan fingerprint density at radius 2 is 2.00 bits per heavy atom. The van der Waals surface area contributed by atoms with Gasteiger partial charge in [-0.05, 0) is 56.4 Å². The van der Waals surface area contributed by atoms with E-state index in [2.05, 4.69) is 0 Å². The number of hydrogen-bond donors (Lipinski definition) is 1. The van der Waals surface area contributed by atoms with Crippen LogP contribution in [0.1, 0.15) is 67.6 Å². The van der Waals surface area contributed by atoms with Gasteiger partial charge in [-0.1, -0.05) is 29.3 Å². The van der Waals surface area contributed by atoms with Crippen LogP contribution in [0.2, 0.25) is 10.0 Å². The number of nitrogens with zero attached hydrogens (tertiary/aromatic N) is 3. The van der Waals surface area contributed by atoms with Crippen LogP contribution in [0.15, 0.2) is 18.2 Å². The average Bonchev–Trinajstić information content (AvgIpc) is 2.90. The monoisotopic (exact) mass is 452 g/mol. The Morgan fingerprint density at radius 3 is 2.68 bits per heavy atom. The molecule has 1 aliphatic carbocycles. The lowest BCUT2D eigenvalue weighted by atomic mass is 9.84. The fourth-order valence-corrected chi connectivity index (χ4v) is 2.31. The largest absolute Gasteiger partial charge is 0.368 e. The number of rotatable bonds is 5. The van der Waals surface area contributed by atoms with Crippen LogP contribution in [-0.4, -0.2) is 68.3 Å². The molecule has 2 amide bonds. The molecule has 1 N–H and O–H groups in total. The van der Waals surface area contributed by atoms with Crippen LogP contribution >= 0.6 is 23.2 Å². The Hall–Kier alpha value is -1.17. The van der Waals surface area contributed by atoms with Crippen molar-refractivity contribution in [3.8, 4) is 0 Å². The maximum absolute atomic E-state index is 13.0. The zero-order valence-electron chi connectivity index (χ0n) is 39.9. The number of carbonyl (C=O) groups excluding carboxylic acids is 1. The van der Waals surface area contributed by atoms with E-state index in [1.807, 2.05) is 0 Å². The number of nitrogens with one attached hydrogen (secondary N) is 1. The van der Waals surface area contributed by atoms with Gasteiger partial charge in [0.25, 0.3) is 0 Å². The van der Waals surface area contributed by atoms with Crippen molar-refractivity contribution in [2.24, 2.45) is 5.89 Å². The molecule has 0 aromatic heterocycles. The van der Waals surface area contributed by atoms with Crippen molar-refractivity contribution in [1.29, 1.82) is 0 Å². The molecule has 156 valence electrons. The molecule has 1 aromatic rings. The number of anilines is 1. The second kappa shape index (κ2) is 10.0. The summed E-state index contributed by atoms with van der Waals surface area (Å²) in [6.07, 6.45) is -20.3. The minimum atomic E-state index is -4.50. The SMILES string of the molecule is [2H]C([2H])([2H])N(C(=O)NC1([2H])C([2H])([2H])C([2H])([2H])C([2H])(CC([2H])([2H])N2C([2H])([2H])C([2H])([2H])N(c3cccc(Cl)c3Cl)C([2H])([2H])C2([2H])[2H])C([2H])([2H])C1([2H])[2H])C([2H])([2H])[2H]. The smallest absolute Gasteiger partial charge is 0.317 e. The van der Waals surface area contributed by atoms with Crippen molar-refractivity contribution in [3.05, 3.63) is 28.2 Å². The fourth-order valence-electron chi connectivity index (χ4n) is 1.93. The van der Waals surface area contributed by atoms with Gasteiger partial charge >= 0.3 is 6.03 Å². The lowest BCUT2D eigenvalue weighted by Crippen LogP contribution is -2.47. The molecular weight excluding hydrogens is 395 g/mol. The second-order valence-electron chi connectivity index (χ2n) is 5.14. The lowest BCUT2D eigenvalue weighted by molar-refractivity contribution is 0.194. The third-order valence-electron chi connectivity index (χ3n) is 3.25. The van der Waals surface area contributed by atoms with E-state index >= 15 is 0 Å². The highest BCUT2D eigenvalue weighted by atomic mass is 35.5. The summed E-state index contributed by atoms with van der Waals surface area (Å²) >= 11 is 12.1. The Balaban J connectivity index is 2.30. The maximum atomic E-state index is 13.0. The molecule has 1 saturated heterocycles. The predicted octanol–water partition coefficient (Wildman–Crippen LogP) is 4.34. The molecule has 0 radical (unpaired) electrons. The number of halogens is 2. The van der Waals surface area contributed by atoms with Crippen LogP contribution in [0.25, 0.3) is 0 Å². The van der Waals surface area contributed by atoms with Gasteiger partial charge in [0.05, 0.1) is 22.6 Å². The molecule has 0 unspecified atom stereocenters. The molecule has 1 heterocycles. The number of benzene rings is 1. The first kappa shape index (κ1) is 5.95. The number of amides is 2. The van der Waals surface area contributed by atoms with Crippen LogP contribution < -0.4 is 10.2 Å². The van der Waals surface area contributed by atoms with Crippen molar-refractivity contribution >= 4 is 34.9 Å². The summed E-state index contributed by atoms with van der Waals surface area (Å²) in [5, 5.41) is 0.188. The zero-order chi connectivity index (χ0) is 43.1. The molecule has 0 atom stereocenters. The highest BCUT2D eigenvalue weighted by Gasteiger charge is 2.24. The van der Waals surface area contributed by atoms with Gasteiger partial charge in [-0.2, -0.15) is 0 Å². The summed E-state index contributed by atoms with van der Waals surface area (Å²) in [4.78, 5) is 11.2. The summed E-state index contributed by atoms with van der Waals surface area (Å²) in [6.45, 7) is -28.1. The molecule has 1 aromatic carbocycles. The van der Waals surface area contributed by atoms with Gasteiger partial charge in [0.15, 0.2) is 0 Å². The number of piperazine rings is 1. The summed E-state index contributed by atoms with van der Waals surface area (Å²) in [5.74, 6) is -4.32. The van der Waals surface area contributed by atoms with Crippen molar-refractivity contribution in [1.82, 2.24) is 15.1 Å². The lowest BCUT2D eigenvalue weighted by Gasteiger charge is -2.37. The first-order valence-electron chi connectivity index (χ1n) is 20.5. The number of carbonyl (C=O) groups is 1. The standard InChI is InChI=1S/C21H32Cl2N4O/c1-25(2)21(28)24-17-8-6-16(7-9-17)10-11-26-12-14-27(15-13-26)19-5-3-4-18(22)20(19)23/h3-5,16-17H,6-15H2,1-2H3,(H,24,28)/i1D3,2D3,6D2,7D2,8D2,9D2,11D2,12D2,13D2,14D2,15D2,16D,17D. The predicted molar refractivity (Wildman–Crippen MR) is 118 cm³/mol. The first-order chi connectivity index (χ1) is 23.4. The Kier molecular flexibility index (Phi) is 2.13. The molecule has 28 heavy (non-hydrogen) atoms. The Bertz CT molecular complexity index is 1590. The van der Waals surface area contributed by atoms with E-state index < -0.39 is 117 Å². The zero-order valence-corrected chi connectivity index (χ0v) is 15.5. The normalized spacial score (nSPS) is 58.3. The van der Waals surface area contributed by atoms with Crippen molar-refractivity contribution in [2.45, 2.75) is 37.9 Å². The highest BCUT2D eigenvalue weighted by molar-refractivity contribution is 6.43. The van der Waals surface area contributed by atoms with Gasteiger partial charge in [0.1, 0.15) is 0 Å². The molecule has 5 nitrogen and oxygen atoms in total. The number of urea groups is 1. The van der Waals surface area contributed by atoms with Crippen LogP contribution in [0, 0.1) is 5.89 Å². The van der Waals surface area contributed by atoms with E-state index in [0.29, 0.717) is 0 Å². The summed E-state index contributed by atoms with van der Waals surface area (Å²) in [6, 6.07) is -3.64. The third kappa shape index (κ3) is 5.68. The maximum Gasteiger partial charge on any atom is 0.317 e. The molecule has 2 fully saturated rings. The van der Waals surface area contributed by atoms with E-state index in [0.717, 1.165) is 17.4 Å². The van der Waals surface area contributed by atoms with Gasteiger partial charge < -0.3 is 15.1 Å². The Labute approximate surface area is 215 Å². The quantitative estimate of drug-likeness (QED) is 0.721. The minimum Gasteiger partial charge on any atom is -0.368 e. The first-order valence-corrected chi connectivity index (χ1v) is 8.30. The van der Waals surface area contributed by atoms with Gasteiger partial charge in [0.2, 0.25) is 0 Å². The van der Waals surface area contributed by atoms with E-state index in [9.17, 15) is 4.79 Å². The third-order valence-corrected chi connectivity index (χ3v) is 4.05. The van der Waals surface area contributed by atoms with E-state index in [1.54, 1.807) is 0 Å². The van der Waals surface area contributed by atoms with Crippen LogP contribution in [0.3, 0.4) is 0 Å². The summed E-state index contributed by atoms with van der Waals surface area (Å²) < 4.78 is 218.